The maximum atomic E-state index is 12.1. The Bertz CT molecular complexity index is 280. The lowest BCUT2D eigenvalue weighted by Gasteiger charge is -2.04. The van der Waals surface area contributed by atoms with E-state index in [-0.39, 0.29) is 17.2 Å². The van der Waals surface area contributed by atoms with Gasteiger partial charge < -0.3 is 11.5 Å². The number of rotatable bonds is 1. The molecule has 0 saturated heterocycles. The van der Waals surface area contributed by atoms with E-state index in [0.29, 0.717) is 3.57 Å². The van der Waals surface area contributed by atoms with Gasteiger partial charge in [0.05, 0.1) is 9.26 Å². The highest BCUT2D eigenvalue weighted by molar-refractivity contribution is 14.1. The van der Waals surface area contributed by atoms with Gasteiger partial charge in [-0.25, -0.2) is 13.8 Å². The maximum Gasteiger partial charge on any atom is 0.280 e. The summed E-state index contributed by atoms with van der Waals surface area (Å²) in [5.41, 5.74) is 10.6. The SMILES string of the molecule is Nc1cc(C(F)F)nc(N)c1I. The Kier molecular flexibility index (Phi) is 2.65. The normalized spacial score (nSPS) is 10.7. The van der Waals surface area contributed by atoms with Crippen LogP contribution in [0.25, 0.3) is 0 Å². The fourth-order valence-corrected chi connectivity index (χ4v) is 0.979. The molecule has 0 aromatic carbocycles. The van der Waals surface area contributed by atoms with Crippen LogP contribution in [-0.2, 0) is 0 Å². The number of aromatic nitrogens is 1. The Balaban J connectivity index is 3.21. The van der Waals surface area contributed by atoms with E-state index in [1.54, 1.807) is 0 Å². The number of hydrogen-bond donors (Lipinski definition) is 2. The molecule has 1 aromatic heterocycles. The minimum absolute atomic E-state index is 0.0471. The smallest absolute Gasteiger partial charge is 0.280 e. The first kappa shape index (κ1) is 9.43. The molecular weight excluding hydrogens is 279 g/mol. The molecular formula is C6H6F2IN3. The summed E-state index contributed by atoms with van der Waals surface area (Å²) < 4.78 is 24.7. The molecule has 0 saturated carbocycles. The molecule has 0 spiro atoms. The number of anilines is 2. The van der Waals surface area contributed by atoms with E-state index >= 15 is 0 Å². The van der Waals surface area contributed by atoms with Crippen LogP contribution in [0.15, 0.2) is 6.07 Å². The fourth-order valence-electron chi connectivity index (χ4n) is 0.703. The van der Waals surface area contributed by atoms with E-state index in [9.17, 15) is 8.78 Å². The standard InChI is InChI=1S/C6H6F2IN3/c7-5(8)3-1-2(10)4(9)6(11)12-3/h1,5H,(H4,10,11,12). The lowest BCUT2D eigenvalue weighted by atomic mass is 10.3. The molecule has 0 radical (unpaired) electrons. The third-order valence-electron chi connectivity index (χ3n) is 1.25. The molecule has 0 aliphatic heterocycles. The van der Waals surface area contributed by atoms with Crippen LogP contribution in [0.2, 0.25) is 0 Å². The summed E-state index contributed by atoms with van der Waals surface area (Å²) in [6.45, 7) is 0. The van der Waals surface area contributed by atoms with Gasteiger partial charge in [0, 0.05) is 0 Å². The molecule has 4 N–H and O–H groups in total. The Morgan fingerprint density at radius 3 is 2.42 bits per heavy atom. The van der Waals surface area contributed by atoms with Crippen molar-refractivity contribution in [2.24, 2.45) is 0 Å². The summed E-state index contributed by atoms with van der Waals surface area (Å²) in [5, 5.41) is 0. The number of alkyl halides is 2. The summed E-state index contributed by atoms with van der Waals surface area (Å²) in [5.74, 6) is 0.0471. The van der Waals surface area contributed by atoms with Gasteiger partial charge in [0.15, 0.2) is 0 Å². The van der Waals surface area contributed by atoms with Gasteiger partial charge in [-0.15, -0.1) is 0 Å². The van der Waals surface area contributed by atoms with Crippen molar-refractivity contribution >= 4 is 34.1 Å². The van der Waals surface area contributed by atoms with Crippen LogP contribution < -0.4 is 11.5 Å². The van der Waals surface area contributed by atoms with Crippen LogP contribution in [0.3, 0.4) is 0 Å². The van der Waals surface area contributed by atoms with E-state index in [1.165, 1.54) is 0 Å². The molecule has 0 bridgehead atoms. The van der Waals surface area contributed by atoms with E-state index in [4.69, 9.17) is 11.5 Å². The number of halogens is 3. The zero-order chi connectivity index (χ0) is 9.30. The Hall–Kier alpha value is -0.660. The third kappa shape index (κ3) is 1.74. The lowest BCUT2D eigenvalue weighted by Crippen LogP contribution is -2.02. The van der Waals surface area contributed by atoms with Gasteiger partial charge in [-0.05, 0) is 28.7 Å². The van der Waals surface area contributed by atoms with Crippen molar-refractivity contribution in [3.05, 3.63) is 15.3 Å². The van der Waals surface area contributed by atoms with Gasteiger partial charge in [-0.2, -0.15) is 0 Å². The van der Waals surface area contributed by atoms with E-state index in [0.717, 1.165) is 6.07 Å². The zero-order valence-electron chi connectivity index (χ0n) is 5.89. The Morgan fingerprint density at radius 1 is 1.42 bits per heavy atom. The highest BCUT2D eigenvalue weighted by Crippen LogP contribution is 2.25. The first-order valence-electron chi connectivity index (χ1n) is 3.02. The fraction of sp³-hybridized carbons (Fsp3) is 0.167. The predicted molar refractivity (Wildman–Crippen MR) is 50.7 cm³/mol. The van der Waals surface area contributed by atoms with Gasteiger partial charge in [-0.1, -0.05) is 0 Å². The largest absolute Gasteiger partial charge is 0.398 e. The highest BCUT2D eigenvalue weighted by Gasteiger charge is 2.12. The van der Waals surface area contributed by atoms with Crippen LogP contribution in [0.4, 0.5) is 20.3 Å². The second-order valence-electron chi connectivity index (χ2n) is 2.14. The van der Waals surface area contributed by atoms with Gasteiger partial charge in [0.1, 0.15) is 11.5 Å². The molecule has 0 aliphatic carbocycles. The summed E-state index contributed by atoms with van der Waals surface area (Å²) in [6, 6.07) is 1.13. The molecule has 66 valence electrons. The molecule has 6 heteroatoms. The van der Waals surface area contributed by atoms with Crippen molar-refractivity contribution < 1.29 is 8.78 Å². The van der Waals surface area contributed by atoms with Crippen LogP contribution in [0.5, 0.6) is 0 Å². The minimum atomic E-state index is -2.63. The molecule has 3 nitrogen and oxygen atoms in total. The quantitative estimate of drug-likeness (QED) is 0.773. The molecule has 12 heavy (non-hydrogen) atoms. The van der Waals surface area contributed by atoms with Gasteiger partial charge in [0.2, 0.25) is 0 Å². The number of hydrogen-bond acceptors (Lipinski definition) is 3. The minimum Gasteiger partial charge on any atom is -0.398 e. The molecule has 0 unspecified atom stereocenters. The van der Waals surface area contributed by atoms with Crippen molar-refractivity contribution in [3.63, 3.8) is 0 Å². The van der Waals surface area contributed by atoms with Crippen LogP contribution in [0, 0.1) is 3.57 Å². The second-order valence-corrected chi connectivity index (χ2v) is 3.22. The molecule has 1 aromatic rings. The summed E-state index contributed by atoms with van der Waals surface area (Å²) in [6.07, 6.45) is -2.63. The molecule has 0 atom stereocenters. The highest BCUT2D eigenvalue weighted by atomic mass is 127. The summed E-state index contributed by atoms with van der Waals surface area (Å²) >= 11 is 1.85. The molecule has 1 heterocycles. The van der Waals surface area contributed by atoms with Crippen LogP contribution in [0.1, 0.15) is 12.1 Å². The van der Waals surface area contributed by atoms with Crippen molar-refractivity contribution in [1.82, 2.24) is 4.98 Å². The monoisotopic (exact) mass is 285 g/mol. The van der Waals surface area contributed by atoms with E-state index < -0.39 is 6.43 Å². The Morgan fingerprint density at radius 2 is 2.00 bits per heavy atom. The predicted octanol–water partition coefficient (Wildman–Crippen LogP) is 1.79. The van der Waals surface area contributed by atoms with Crippen molar-refractivity contribution in [2.75, 3.05) is 11.5 Å². The molecule has 0 fully saturated rings. The van der Waals surface area contributed by atoms with Crippen molar-refractivity contribution in [1.29, 1.82) is 0 Å². The lowest BCUT2D eigenvalue weighted by molar-refractivity contribution is 0.146. The van der Waals surface area contributed by atoms with E-state index in [2.05, 4.69) is 4.98 Å². The van der Waals surface area contributed by atoms with E-state index in [1.807, 2.05) is 22.6 Å². The first-order valence-corrected chi connectivity index (χ1v) is 4.09. The van der Waals surface area contributed by atoms with Crippen molar-refractivity contribution in [2.45, 2.75) is 6.43 Å². The van der Waals surface area contributed by atoms with Gasteiger partial charge >= 0.3 is 0 Å². The zero-order valence-corrected chi connectivity index (χ0v) is 8.05. The average Bonchev–Trinajstić information content (AvgIpc) is 1.99. The number of nitrogen functional groups attached to an aromatic ring is 2. The summed E-state index contributed by atoms with van der Waals surface area (Å²) in [4.78, 5) is 3.47. The average molecular weight is 285 g/mol. The van der Waals surface area contributed by atoms with Crippen LogP contribution in [-0.4, -0.2) is 4.98 Å². The first-order chi connectivity index (χ1) is 5.52. The topological polar surface area (TPSA) is 64.9 Å². The number of nitrogens with zero attached hydrogens (tertiary/aromatic N) is 1. The second kappa shape index (κ2) is 3.38. The van der Waals surface area contributed by atoms with Crippen molar-refractivity contribution in [3.8, 4) is 0 Å². The summed E-state index contributed by atoms with van der Waals surface area (Å²) in [7, 11) is 0. The van der Waals surface area contributed by atoms with Gasteiger partial charge in [0.25, 0.3) is 6.43 Å². The molecule has 0 amide bonds. The molecule has 0 aliphatic rings. The number of nitrogens with two attached hydrogens (primary N) is 2. The number of pyridine rings is 1. The Labute approximate surface area is 81.3 Å². The van der Waals surface area contributed by atoms with Crippen LogP contribution >= 0.6 is 22.6 Å². The van der Waals surface area contributed by atoms with Gasteiger partial charge in [-0.3, -0.25) is 0 Å². The molecule has 1 rings (SSSR count). The third-order valence-corrected chi connectivity index (χ3v) is 2.43. The maximum absolute atomic E-state index is 12.1.